The molecule has 3 rings (SSSR count). The van der Waals surface area contributed by atoms with E-state index in [1.807, 2.05) is 20.8 Å². The van der Waals surface area contributed by atoms with Crippen LogP contribution in [0.1, 0.15) is 64.6 Å². The van der Waals surface area contributed by atoms with Gasteiger partial charge in [0.1, 0.15) is 11.1 Å². The summed E-state index contributed by atoms with van der Waals surface area (Å²) < 4.78 is 10.7. The Morgan fingerprint density at radius 3 is 2.72 bits per heavy atom. The van der Waals surface area contributed by atoms with Crippen LogP contribution in [0.5, 0.6) is 0 Å². The maximum absolute atomic E-state index is 12.4. The van der Waals surface area contributed by atoms with Crippen LogP contribution in [0.2, 0.25) is 0 Å². The number of amides is 1. The quantitative estimate of drug-likeness (QED) is 0.838. The Kier molecular flexibility index (Phi) is 4.47. The molecule has 2 saturated carbocycles. The molecule has 2 N–H and O–H groups in total. The molecule has 0 aromatic carbocycles. The molecule has 3 atom stereocenters. The van der Waals surface area contributed by atoms with Gasteiger partial charge in [-0.2, -0.15) is 4.98 Å². The van der Waals surface area contributed by atoms with Crippen LogP contribution in [0.3, 0.4) is 0 Å². The molecule has 1 aromatic heterocycles. The van der Waals surface area contributed by atoms with Crippen LogP contribution < -0.4 is 5.32 Å². The number of fused-ring (bicyclic) bond motifs is 2. The third-order valence-electron chi connectivity index (χ3n) is 4.99. The van der Waals surface area contributed by atoms with E-state index in [-0.39, 0.29) is 24.7 Å². The van der Waals surface area contributed by atoms with E-state index in [9.17, 15) is 9.59 Å². The molecular formula is C17H25N3O5. The summed E-state index contributed by atoms with van der Waals surface area (Å²) in [5.41, 5.74) is -1.27. The van der Waals surface area contributed by atoms with Gasteiger partial charge in [0, 0.05) is 6.42 Å². The van der Waals surface area contributed by atoms with Crippen LogP contribution in [-0.4, -0.2) is 32.9 Å². The van der Waals surface area contributed by atoms with E-state index in [0.29, 0.717) is 11.7 Å². The third-order valence-corrected chi connectivity index (χ3v) is 4.99. The Bertz CT molecular complexity index is 665. The molecule has 138 valence electrons. The number of ether oxygens (including phenoxy) is 1. The minimum atomic E-state index is -0.915. The number of carbonyl (C=O) groups excluding carboxylic acids is 1. The lowest BCUT2D eigenvalue weighted by Gasteiger charge is -2.36. The molecule has 0 spiro atoms. The first-order chi connectivity index (χ1) is 11.7. The summed E-state index contributed by atoms with van der Waals surface area (Å²) in [6.45, 7) is 5.45. The summed E-state index contributed by atoms with van der Waals surface area (Å²) >= 11 is 0. The number of nitrogens with zero attached hydrogens (tertiary/aromatic N) is 2. The Hall–Kier alpha value is -2.12. The molecule has 0 radical (unpaired) electrons. The van der Waals surface area contributed by atoms with Crippen LogP contribution >= 0.6 is 0 Å². The van der Waals surface area contributed by atoms with E-state index >= 15 is 0 Å². The predicted octanol–water partition coefficient (Wildman–Crippen LogP) is 2.63. The second-order valence-electron chi connectivity index (χ2n) is 8.08. The lowest BCUT2D eigenvalue weighted by Crippen LogP contribution is -2.51. The highest BCUT2D eigenvalue weighted by atomic mass is 16.6. The Morgan fingerprint density at radius 1 is 1.40 bits per heavy atom. The molecule has 8 nitrogen and oxygen atoms in total. The van der Waals surface area contributed by atoms with Crippen molar-refractivity contribution in [3.8, 4) is 0 Å². The average molecular weight is 351 g/mol. The predicted molar refractivity (Wildman–Crippen MR) is 86.8 cm³/mol. The normalized spacial score (nSPS) is 28.1. The van der Waals surface area contributed by atoms with Crippen molar-refractivity contribution in [2.24, 2.45) is 11.8 Å². The minimum Gasteiger partial charge on any atom is -0.481 e. The first-order valence-corrected chi connectivity index (χ1v) is 8.74. The zero-order valence-corrected chi connectivity index (χ0v) is 14.9. The van der Waals surface area contributed by atoms with Gasteiger partial charge < -0.3 is 19.7 Å². The molecule has 1 aromatic rings. The van der Waals surface area contributed by atoms with Crippen molar-refractivity contribution < 1.29 is 24.0 Å². The van der Waals surface area contributed by atoms with Crippen molar-refractivity contribution in [3.63, 3.8) is 0 Å². The molecule has 25 heavy (non-hydrogen) atoms. The number of hydrogen-bond acceptors (Lipinski definition) is 6. The first-order valence-electron chi connectivity index (χ1n) is 8.74. The second kappa shape index (κ2) is 6.31. The average Bonchev–Trinajstić information content (AvgIpc) is 3.18. The van der Waals surface area contributed by atoms with Gasteiger partial charge in [0.2, 0.25) is 5.89 Å². The largest absolute Gasteiger partial charge is 0.481 e. The van der Waals surface area contributed by atoms with E-state index < -0.39 is 23.2 Å². The highest BCUT2D eigenvalue weighted by Crippen LogP contribution is 2.55. The van der Waals surface area contributed by atoms with Crippen LogP contribution in [0, 0.1) is 11.8 Å². The fourth-order valence-electron chi connectivity index (χ4n) is 4.05. The number of carboxylic acid groups (broad SMARTS) is 1. The van der Waals surface area contributed by atoms with Crippen molar-refractivity contribution in [3.05, 3.63) is 11.7 Å². The maximum atomic E-state index is 12.4. The molecule has 2 aliphatic rings. The van der Waals surface area contributed by atoms with Crippen LogP contribution in [0.4, 0.5) is 4.79 Å². The van der Waals surface area contributed by atoms with Gasteiger partial charge in [-0.25, -0.2) is 4.79 Å². The number of aryl methyl sites for hydroxylation is 1. The number of aromatic nitrogens is 2. The molecule has 1 heterocycles. The molecule has 1 amide bonds. The number of carboxylic acids is 1. The summed E-state index contributed by atoms with van der Waals surface area (Å²) in [6, 6.07) is 0. The molecule has 2 aliphatic carbocycles. The van der Waals surface area contributed by atoms with Crippen LogP contribution in [0.25, 0.3) is 0 Å². The molecule has 2 bridgehead atoms. The summed E-state index contributed by atoms with van der Waals surface area (Å²) in [5, 5.41) is 15.9. The van der Waals surface area contributed by atoms with Gasteiger partial charge in [-0.3, -0.25) is 4.79 Å². The van der Waals surface area contributed by atoms with E-state index in [4.69, 9.17) is 14.4 Å². The van der Waals surface area contributed by atoms with Gasteiger partial charge in [-0.15, -0.1) is 0 Å². The zero-order valence-electron chi connectivity index (χ0n) is 14.9. The van der Waals surface area contributed by atoms with Gasteiger partial charge in [0.25, 0.3) is 0 Å². The monoisotopic (exact) mass is 351 g/mol. The number of alkyl carbamates (subject to hydrolysis) is 1. The van der Waals surface area contributed by atoms with Crippen molar-refractivity contribution in [2.75, 3.05) is 0 Å². The lowest BCUT2D eigenvalue weighted by atomic mass is 9.80. The van der Waals surface area contributed by atoms with E-state index in [1.165, 1.54) is 0 Å². The van der Waals surface area contributed by atoms with Crippen molar-refractivity contribution >= 4 is 12.1 Å². The highest BCUT2D eigenvalue weighted by Gasteiger charge is 2.56. The van der Waals surface area contributed by atoms with E-state index in [2.05, 4.69) is 15.5 Å². The van der Waals surface area contributed by atoms with Gasteiger partial charge in [0.05, 0.1) is 6.42 Å². The first kappa shape index (κ1) is 17.7. The number of hydrogen-bond donors (Lipinski definition) is 2. The zero-order chi connectivity index (χ0) is 18.2. The summed E-state index contributed by atoms with van der Waals surface area (Å²) in [6.07, 6.45) is 3.55. The molecule has 3 unspecified atom stereocenters. The van der Waals surface area contributed by atoms with E-state index in [1.54, 1.807) is 0 Å². The Labute approximate surface area is 146 Å². The lowest BCUT2D eigenvalue weighted by molar-refractivity contribution is -0.137. The molecule has 2 fully saturated rings. The smallest absolute Gasteiger partial charge is 0.408 e. The molecule has 8 heteroatoms. The topological polar surface area (TPSA) is 115 Å². The number of carbonyl (C=O) groups is 2. The van der Waals surface area contributed by atoms with Gasteiger partial charge in [-0.05, 0) is 58.3 Å². The third kappa shape index (κ3) is 3.77. The molecule has 0 saturated heterocycles. The van der Waals surface area contributed by atoms with Crippen molar-refractivity contribution in [2.45, 2.75) is 70.4 Å². The summed E-state index contributed by atoms with van der Waals surface area (Å²) in [7, 11) is 0. The number of rotatable bonds is 5. The van der Waals surface area contributed by atoms with Crippen molar-refractivity contribution in [1.82, 2.24) is 15.5 Å². The Morgan fingerprint density at radius 2 is 2.16 bits per heavy atom. The van der Waals surface area contributed by atoms with Gasteiger partial charge >= 0.3 is 12.1 Å². The second-order valence-corrected chi connectivity index (χ2v) is 8.08. The van der Waals surface area contributed by atoms with Crippen LogP contribution in [-0.2, 0) is 21.5 Å². The number of aliphatic carboxylic acids is 1. The SMILES string of the molecule is CC(C)(C)OC(=O)NC1(c2noc(CCC(=O)O)n2)CC2CCC1C2. The minimum absolute atomic E-state index is 0.0693. The molecule has 0 aliphatic heterocycles. The van der Waals surface area contributed by atoms with Crippen molar-refractivity contribution in [1.29, 1.82) is 0 Å². The van der Waals surface area contributed by atoms with Crippen LogP contribution in [0.15, 0.2) is 4.52 Å². The fourth-order valence-corrected chi connectivity index (χ4v) is 4.05. The summed E-state index contributed by atoms with van der Waals surface area (Å²) in [5.74, 6) is 0.577. The molecular weight excluding hydrogens is 326 g/mol. The Balaban J connectivity index is 1.81. The van der Waals surface area contributed by atoms with E-state index in [0.717, 1.165) is 25.7 Å². The van der Waals surface area contributed by atoms with Gasteiger partial charge in [-0.1, -0.05) is 5.16 Å². The standard InChI is InChI=1S/C17H25N3O5/c1-16(2,3)24-15(23)19-17(9-10-4-5-11(17)8-10)14-18-12(25-20-14)6-7-13(21)22/h10-11H,4-9H2,1-3H3,(H,19,23)(H,21,22). The van der Waals surface area contributed by atoms with Gasteiger partial charge in [0.15, 0.2) is 5.82 Å². The fraction of sp³-hybridized carbons (Fsp3) is 0.765. The summed E-state index contributed by atoms with van der Waals surface area (Å²) in [4.78, 5) is 27.5. The highest BCUT2D eigenvalue weighted by molar-refractivity contribution is 5.69. The maximum Gasteiger partial charge on any atom is 0.408 e. The number of nitrogens with one attached hydrogen (secondary N) is 1.